The fourth-order valence-corrected chi connectivity index (χ4v) is 1.37. The molecular formula is C12H17N5O2. The number of amides is 1. The van der Waals surface area contributed by atoms with E-state index < -0.39 is 0 Å². The van der Waals surface area contributed by atoms with Gasteiger partial charge in [-0.25, -0.2) is 4.68 Å². The number of nitriles is 1. The molecule has 1 amide bonds. The van der Waals surface area contributed by atoms with Crippen LogP contribution < -0.4 is 16.2 Å². The third-order valence-corrected chi connectivity index (χ3v) is 2.30. The first-order valence-corrected chi connectivity index (χ1v) is 6.12. The van der Waals surface area contributed by atoms with Crippen molar-refractivity contribution in [3.05, 3.63) is 22.6 Å². The number of carbonyl (C=O) groups excluding carboxylic acids is 1. The average molecular weight is 263 g/mol. The maximum Gasteiger partial charge on any atom is 0.269 e. The van der Waals surface area contributed by atoms with E-state index in [-0.39, 0.29) is 31.0 Å². The Bertz CT molecular complexity index is 518. The van der Waals surface area contributed by atoms with Crippen LogP contribution in [0.4, 0.5) is 5.69 Å². The van der Waals surface area contributed by atoms with Gasteiger partial charge in [0.15, 0.2) is 0 Å². The Hall–Kier alpha value is -2.36. The predicted molar refractivity (Wildman–Crippen MR) is 70.5 cm³/mol. The average Bonchev–Trinajstić information content (AvgIpc) is 2.39. The maximum atomic E-state index is 11.7. The summed E-state index contributed by atoms with van der Waals surface area (Å²) in [6.45, 7) is 2.92. The number of rotatable bonds is 7. The minimum absolute atomic E-state index is 0.141. The second kappa shape index (κ2) is 7.87. The van der Waals surface area contributed by atoms with E-state index in [1.165, 1.54) is 12.3 Å². The number of hydrogen-bond donors (Lipinski definition) is 2. The van der Waals surface area contributed by atoms with E-state index >= 15 is 0 Å². The van der Waals surface area contributed by atoms with Gasteiger partial charge in [-0.05, 0) is 6.42 Å². The molecule has 0 saturated heterocycles. The van der Waals surface area contributed by atoms with E-state index in [1.54, 1.807) is 0 Å². The molecule has 1 aromatic rings. The summed E-state index contributed by atoms with van der Waals surface area (Å²) < 4.78 is 1.08. The molecule has 7 heteroatoms. The van der Waals surface area contributed by atoms with E-state index in [9.17, 15) is 9.59 Å². The van der Waals surface area contributed by atoms with Gasteiger partial charge in [-0.2, -0.15) is 10.4 Å². The van der Waals surface area contributed by atoms with Gasteiger partial charge in [-0.1, -0.05) is 6.92 Å². The molecule has 19 heavy (non-hydrogen) atoms. The van der Waals surface area contributed by atoms with Crippen molar-refractivity contribution in [1.29, 1.82) is 5.26 Å². The SMILES string of the molecule is CCCNc1cnn(CC(=O)NCCC#N)c(=O)c1. The van der Waals surface area contributed by atoms with Crippen molar-refractivity contribution in [2.75, 3.05) is 18.4 Å². The van der Waals surface area contributed by atoms with Crippen LogP contribution in [0.3, 0.4) is 0 Å². The summed E-state index contributed by atoms with van der Waals surface area (Å²) in [6, 6.07) is 3.33. The molecule has 2 N–H and O–H groups in total. The minimum Gasteiger partial charge on any atom is -0.384 e. The molecule has 0 aliphatic carbocycles. The zero-order valence-corrected chi connectivity index (χ0v) is 10.8. The molecule has 0 aromatic carbocycles. The number of nitrogens with zero attached hydrogens (tertiary/aromatic N) is 3. The lowest BCUT2D eigenvalue weighted by Gasteiger charge is -2.07. The minimum atomic E-state index is -0.337. The van der Waals surface area contributed by atoms with Crippen molar-refractivity contribution in [2.45, 2.75) is 26.3 Å². The van der Waals surface area contributed by atoms with Gasteiger partial charge in [0.2, 0.25) is 5.91 Å². The molecule has 0 aliphatic heterocycles. The van der Waals surface area contributed by atoms with Crippen molar-refractivity contribution in [3.63, 3.8) is 0 Å². The van der Waals surface area contributed by atoms with Crippen molar-refractivity contribution in [2.24, 2.45) is 0 Å². The van der Waals surface area contributed by atoms with E-state index in [1.807, 2.05) is 13.0 Å². The second-order valence-electron chi connectivity index (χ2n) is 3.92. The van der Waals surface area contributed by atoms with Crippen LogP contribution in [0.15, 0.2) is 17.1 Å². The Morgan fingerprint density at radius 3 is 2.95 bits per heavy atom. The third kappa shape index (κ3) is 5.21. The summed E-state index contributed by atoms with van der Waals surface area (Å²) in [4.78, 5) is 23.2. The number of anilines is 1. The Labute approximate surface area is 111 Å². The quantitative estimate of drug-likeness (QED) is 0.679. The van der Waals surface area contributed by atoms with Crippen LogP contribution in [0.2, 0.25) is 0 Å². The van der Waals surface area contributed by atoms with Gasteiger partial charge in [-0.3, -0.25) is 9.59 Å². The molecule has 0 spiro atoms. The zero-order valence-electron chi connectivity index (χ0n) is 10.8. The van der Waals surface area contributed by atoms with Crippen LogP contribution in [-0.2, 0) is 11.3 Å². The van der Waals surface area contributed by atoms with E-state index in [2.05, 4.69) is 15.7 Å². The van der Waals surface area contributed by atoms with Gasteiger partial charge in [-0.15, -0.1) is 0 Å². The van der Waals surface area contributed by atoms with Crippen molar-refractivity contribution in [1.82, 2.24) is 15.1 Å². The number of nitrogens with one attached hydrogen (secondary N) is 2. The molecule has 1 aromatic heterocycles. The first-order chi connectivity index (χ1) is 9.17. The fourth-order valence-electron chi connectivity index (χ4n) is 1.37. The Kier molecular flexibility index (Phi) is 6.09. The molecule has 0 atom stereocenters. The molecule has 0 fully saturated rings. The molecule has 7 nitrogen and oxygen atoms in total. The van der Waals surface area contributed by atoms with Crippen LogP contribution in [-0.4, -0.2) is 28.8 Å². The topological polar surface area (TPSA) is 99.8 Å². The largest absolute Gasteiger partial charge is 0.384 e. The predicted octanol–water partition coefficient (Wildman–Crippen LogP) is 0.0951. The lowest BCUT2D eigenvalue weighted by Crippen LogP contribution is -2.33. The normalized spacial score (nSPS) is 9.68. The monoisotopic (exact) mass is 263 g/mol. The summed E-state index contributed by atoms with van der Waals surface area (Å²) in [5.74, 6) is -0.334. The van der Waals surface area contributed by atoms with Crippen molar-refractivity contribution >= 4 is 11.6 Å². The van der Waals surface area contributed by atoms with E-state index in [0.29, 0.717) is 5.69 Å². The highest BCUT2D eigenvalue weighted by molar-refractivity contribution is 5.75. The molecular weight excluding hydrogens is 246 g/mol. The lowest BCUT2D eigenvalue weighted by molar-refractivity contribution is -0.121. The van der Waals surface area contributed by atoms with Gasteiger partial charge in [0.1, 0.15) is 6.54 Å². The lowest BCUT2D eigenvalue weighted by atomic mass is 10.4. The van der Waals surface area contributed by atoms with Crippen LogP contribution in [0, 0.1) is 11.3 Å². The summed E-state index contributed by atoms with van der Waals surface area (Å²) in [6.07, 6.45) is 2.71. The highest BCUT2D eigenvalue weighted by atomic mass is 16.2. The summed E-state index contributed by atoms with van der Waals surface area (Å²) in [5.41, 5.74) is 0.310. The fraction of sp³-hybridized carbons (Fsp3) is 0.500. The molecule has 0 unspecified atom stereocenters. The second-order valence-corrected chi connectivity index (χ2v) is 3.92. The highest BCUT2D eigenvalue weighted by Crippen LogP contribution is 1.99. The molecule has 0 saturated carbocycles. The van der Waals surface area contributed by atoms with Crippen LogP contribution in [0.5, 0.6) is 0 Å². The summed E-state index contributed by atoms with van der Waals surface area (Å²) in [5, 5.41) is 17.8. The highest BCUT2D eigenvalue weighted by Gasteiger charge is 2.05. The van der Waals surface area contributed by atoms with Crippen molar-refractivity contribution in [3.8, 4) is 6.07 Å². The summed E-state index contributed by atoms with van der Waals surface area (Å²) >= 11 is 0. The Morgan fingerprint density at radius 1 is 1.53 bits per heavy atom. The first kappa shape index (κ1) is 14.7. The van der Waals surface area contributed by atoms with Gasteiger partial charge in [0.05, 0.1) is 24.4 Å². The third-order valence-electron chi connectivity index (χ3n) is 2.30. The van der Waals surface area contributed by atoms with E-state index in [0.717, 1.165) is 17.6 Å². The molecule has 1 heterocycles. The zero-order chi connectivity index (χ0) is 14.1. The van der Waals surface area contributed by atoms with Crippen LogP contribution in [0.25, 0.3) is 0 Å². The standard InChI is InChI=1S/C12H17N5O2/c1-2-5-14-10-7-12(19)17(16-8-10)9-11(18)15-6-3-4-13/h7-8,14H,2-3,5-6,9H2,1H3,(H,15,18). The number of hydrogen-bond acceptors (Lipinski definition) is 5. The molecule has 102 valence electrons. The van der Waals surface area contributed by atoms with Gasteiger partial charge in [0, 0.05) is 19.2 Å². The van der Waals surface area contributed by atoms with Crippen LogP contribution >= 0.6 is 0 Å². The molecule has 0 bridgehead atoms. The van der Waals surface area contributed by atoms with Crippen LogP contribution in [0.1, 0.15) is 19.8 Å². The van der Waals surface area contributed by atoms with E-state index in [4.69, 9.17) is 5.26 Å². The molecule has 1 rings (SSSR count). The van der Waals surface area contributed by atoms with Crippen molar-refractivity contribution < 1.29 is 4.79 Å². The maximum absolute atomic E-state index is 11.7. The number of aromatic nitrogens is 2. The first-order valence-electron chi connectivity index (χ1n) is 6.12. The summed E-state index contributed by atoms with van der Waals surface area (Å²) in [7, 11) is 0. The Balaban J connectivity index is 2.57. The number of carbonyl (C=O) groups is 1. The van der Waals surface area contributed by atoms with Gasteiger partial charge >= 0.3 is 0 Å². The van der Waals surface area contributed by atoms with Gasteiger partial charge in [0.25, 0.3) is 5.56 Å². The Morgan fingerprint density at radius 2 is 2.32 bits per heavy atom. The smallest absolute Gasteiger partial charge is 0.269 e. The molecule has 0 radical (unpaired) electrons. The molecule has 0 aliphatic rings. The van der Waals surface area contributed by atoms with Gasteiger partial charge < -0.3 is 10.6 Å².